The van der Waals surface area contributed by atoms with Gasteiger partial charge in [-0.05, 0) is 44.9 Å². The Labute approximate surface area is 165 Å². The minimum Gasteiger partial charge on any atom is -0.464 e. The lowest BCUT2D eigenvalue weighted by atomic mass is 10.2. The van der Waals surface area contributed by atoms with Gasteiger partial charge < -0.3 is 15.6 Å². The topological polar surface area (TPSA) is 72.5 Å². The normalized spacial score (nSPS) is 13.4. The van der Waals surface area contributed by atoms with Crippen molar-refractivity contribution in [1.29, 1.82) is 0 Å². The molecule has 1 atom stereocenters. The van der Waals surface area contributed by atoms with E-state index < -0.39 is 6.04 Å². The van der Waals surface area contributed by atoms with Gasteiger partial charge >= 0.3 is 5.97 Å². The lowest BCUT2D eigenvalue weighted by Gasteiger charge is -2.08. The highest BCUT2D eigenvalue weighted by atomic mass is 16.5. The standard InChI is InChI=1S/C23H39NO3/c1-2-3-4-5-6-7-8-9-10-11-12-13-14-15-16-17-18-19-23(26)27-21-22(24)20-25/h6-7,9-10,12-13,15-16,22,25H,2-5,8,11,14,17-21,24H2,1H3/b7-6+,10-9+,13-12-,16-15+/t22-/m1/s1. The van der Waals surface area contributed by atoms with Crippen LogP contribution < -0.4 is 5.73 Å². The first-order valence-electron chi connectivity index (χ1n) is 10.3. The summed E-state index contributed by atoms with van der Waals surface area (Å²) in [7, 11) is 0. The number of carbonyl (C=O) groups excluding carboxylic acids is 1. The van der Waals surface area contributed by atoms with Gasteiger partial charge in [-0.1, -0.05) is 68.4 Å². The van der Waals surface area contributed by atoms with Crippen LogP contribution in [-0.4, -0.2) is 30.3 Å². The van der Waals surface area contributed by atoms with Gasteiger partial charge in [-0.3, -0.25) is 4.79 Å². The van der Waals surface area contributed by atoms with Crippen molar-refractivity contribution >= 4 is 5.97 Å². The SMILES string of the molecule is CCCCC/C=C/C/C=C/C/C=C\C/C=C/CCCC(=O)OC[C@H](N)CO. The summed E-state index contributed by atoms with van der Waals surface area (Å²) < 4.78 is 4.95. The summed E-state index contributed by atoms with van der Waals surface area (Å²) in [5, 5.41) is 8.74. The molecule has 154 valence electrons. The molecule has 0 spiro atoms. The first-order valence-corrected chi connectivity index (χ1v) is 10.3. The highest BCUT2D eigenvalue weighted by molar-refractivity contribution is 5.69. The maximum Gasteiger partial charge on any atom is 0.305 e. The summed E-state index contributed by atoms with van der Waals surface area (Å²) in [4.78, 5) is 11.4. The number of esters is 1. The molecule has 0 aromatic carbocycles. The van der Waals surface area contributed by atoms with Gasteiger partial charge in [0, 0.05) is 6.42 Å². The van der Waals surface area contributed by atoms with Crippen molar-refractivity contribution in [3.05, 3.63) is 48.6 Å². The van der Waals surface area contributed by atoms with Crippen LogP contribution in [0.1, 0.15) is 71.1 Å². The van der Waals surface area contributed by atoms with E-state index >= 15 is 0 Å². The smallest absolute Gasteiger partial charge is 0.305 e. The average molecular weight is 378 g/mol. The lowest BCUT2D eigenvalue weighted by molar-refractivity contribution is -0.144. The Kier molecular flexibility index (Phi) is 19.4. The molecule has 27 heavy (non-hydrogen) atoms. The van der Waals surface area contributed by atoms with Crippen LogP contribution in [0.2, 0.25) is 0 Å². The number of allylic oxidation sites excluding steroid dienone is 8. The van der Waals surface area contributed by atoms with Crippen LogP contribution in [0.25, 0.3) is 0 Å². The van der Waals surface area contributed by atoms with Crippen molar-refractivity contribution in [3.8, 4) is 0 Å². The molecule has 4 nitrogen and oxygen atoms in total. The summed E-state index contributed by atoms with van der Waals surface area (Å²) in [6.45, 7) is 2.14. The van der Waals surface area contributed by atoms with Crippen LogP contribution >= 0.6 is 0 Å². The number of hydrogen-bond acceptors (Lipinski definition) is 4. The van der Waals surface area contributed by atoms with Crippen molar-refractivity contribution in [2.75, 3.05) is 13.2 Å². The van der Waals surface area contributed by atoms with Gasteiger partial charge in [0.25, 0.3) is 0 Å². The molecular weight excluding hydrogens is 338 g/mol. The third-order valence-corrected chi connectivity index (χ3v) is 3.90. The fourth-order valence-corrected chi connectivity index (χ4v) is 2.25. The average Bonchev–Trinajstić information content (AvgIpc) is 2.68. The van der Waals surface area contributed by atoms with E-state index in [1.165, 1.54) is 25.7 Å². The number of carbonyl (C=O) groups is 1. The second-order valence-corrected chi connectivity index (χ2v) is 6.61. The number of aliphatic hydroxyl groups is 1. The van der Waals surface area contributed by atoms with E-state index in [1.807, 2.05) is 0 Å². The molecule has 4 heteroatoms. The quantitative estimate of drug-likeness (QED) is 0.213. The number of rotatable bonds is 17. The van der Waals surface area contributed by atoms with Crippen LogP contribution in [0.4, 0.5) is 0 Å². The second kappa shape index (κ2) is 20.7. The predicted octanol–water partition coefficient (Wildman–Crippen LogP) is 4.99. The summed E-state index contributed by atoms with van der Waals surface area (Å²) >= 11 is 0. The van der Waals surface area contributed by atoms with Gasteiger partial charge in [0.15, 0.2) is 0 Å². The summed E-state index contributed by atoms with van der Waals surface area (Å²) in [5.74, 6) is -0.255. The summed E-state index contributed by atoms with van der Waals surface area (Å²) in [5.41, 5.74) is 5.46. The maximum absolute atomic E-state index is 11.4. The molecular formula is C23H39NO3. The molecule has 3 N–H and O–H groups in total. The molecule has 0 bridgehead atoms. The van der Waals surface area contributed by atoms with Gasteiger partial charge in [0.2, 0.25) is 0 Å². The fourth-order valence-electron chi connectivity index (χ4n) is 2.25. The first-order chi connectivity index (χ1) is 13.2. The van der Waals surface area contributed by atoms with Crippen LogP contribution in [0, 0.1) is 0 Å². The van der Waals surface area contributed by atoms with E-state index in [1.54, 1.807) is 0 Å². The summed E-state index contributed by atoms with van der Waals surface area (Å²) in [6.07, 6.45) is 27.5. The number of aliphatic hydroxyl groups excluding tert-OH is 1. The van der Waals surface area contributed by atoms with Gasteiger partial charge in [-0.25, -0.2) is 0 Å². The molecule has 0 heterocycles. The third-order valence-electron chi connectivity index (χ3n) is 3.90. The molecule has 0 aliphatic rings. The van der Waals surface area contributed by atoms with Crippen LogP contribution in [0.5, 0.6) is 0 Å². The lowest BCUT2D eigenvalue weighted by Crippen LogP contribution is -2.31. The van der Waals surface area contributed by atoms with E-state index in [2.05, 4.69) is 55.5 Å². The number of hydrogen-bond donors (Lipinski definition) is 2. The minimum atomic E-state index is -0.484. The Bertz CT molecular complexity index is 453. The van der Waals surface area contributed by atoms with Gasteiger partial charge in [-0.15, -0.1) is 0 Å². The maximum atomic E-state index is 11.4. The zero-order valence-corrected chi connectivity index (χ0v) is 17.0. The predicted molar refractivity (Wildman–Crippen MR) is 114 cm³/mol. The molecule has 0 saturated carbocycles. The fraction of sp³-hybridized carbons (Fsp3) is 0.609. The first kappa shape index (κ1) is 25.4. The van der Waals surface area contributed by atoms with Gasteiger partial charge in [-0.2, -0.15) is 0 Å². The van der Waals surface area contributed by atoms with Crippen molar-refractivity contribution in [2.45, 2.75) is 77.2 Å². The van der Waals surface area contributed by atoms with E-state index in [4.69, 9.17) is 15.6 Å². The molecule has 0 aliphatic heterocycles. The largest absolute Gasteiger partial charge is 0.464 e. The molecule has 0 amide bonds. The van der Waals surface area contributed by atoms with Crippen molar-refractivity contribution in [3.63, 3.8) is 0 Å². The van der Waals surface area contributed by atoms with Crippen LogP contribution in [0.3, 0.4) is 0 Å². The monoisotopic (exact) mass is 377 g/mol. The molecule has 0 fully saturated rings. The Balaban J connectivity index is 3.49. The number of nitrogens with two attached hydrogens (primary N) is 1. The van der Waals surface area contributed by atoms with Crippen LogP contribution in [0.15, 0.2) is 48.6 Å². The van der Waals surface area contributed by atoms with Gasteiger partial charge in [0.1, 0.15) is 6.61 Å². The second-order valence-electron chi connectivity index (χ2n) is 6.61. The molecule has 0 saturated heterocycles. The van der Waals surface area contributed by atoms with Crippen molar-refractivity contribution in [2.24, 2.45) is 5.73 Å². The molecule has 0 rings (SSSR count). The van der Waals surface area contributed by atoms with Gasteiger partial charge in [0.05, 0.1) is 12.6 Å². The zero-order valence-electron chi connectivity index (χ0n) is 17.0. The Hall–Kier alpha value is -1.65. The Morgan fingerprint density at radius 3 is 1.93 bits per heavy atom. The van der Waals surface area contributed by atoms with E-state index in [-0.39, 0.29) is 19.2 Å². The highest BCUT2D eigenvalue weighted by Gasteiger charge is 2.05. The Morgan fingerprint density at radius 2 is 1.41 bits per heavy atom. The molecule has 0 aromatic heterocycles. The van der Waals surface area contributed by atoms with E-state index in [9.17, 15) is 4.79 Å². The van der Waals surface area contributed by atoms with Crippen LogP contribution in [-0.2, 0) is 9.53 Å². The number of unbranched alkanes of at least 4 members (excludes halogenated alkanes) is 4. The molecule has 0 aliphatic carbocycles. The van der Waals surface area contributed by atoms with E-state index in [0.717, 1.165) is 32.1 Å². The number of ether oxygens (including phenoxy) is 1. The van der Waals surface area contributed by atoms with Crippen molar-refractivity contribution < 1.29 is 14.6 Å². The molecule has 0 aromatic rings. The Morgan fingerprint density at radius 1 is 0.889 bits per heavy atom. The van der Waals surface area contributed by atoms with Crippen molar-refractivity contribution in [1.82, 2.24) is 0 Å². The zero-order chi connectivity index (χ0) is 20.0. The summed E-state index contributed by atoms with van der Waals surface area (Å²) in [6, 6.07) is -0.484. The third kappa shape index (κ3) is 20.5. The molecule has 0 radical (unpaired) electrons. The van der Waals surface area contributed by atoms with E-state index in [0.29, 0.717) is 6.42 Å². The molecule has 0 unspecified atom stereocenters. The minimum absolute atomic E-state index is 0.0830. The highest BCUT2D eigenvalue weighted by Crippen LogP contribution is 2.02.